The molecule has 0 saturated heterocycles. The van der Waals surface area contributed by atoms with Crippen molar-refractivity contribution >= 4 is 45.3 Å². The van der Waals surface area contributed by atoms with Gasteiger partial charge in [-0.25, -0.2) is 0 Å². The second-order valence-corrected chi connectivity index (χ2v) is 5.24. The van der Waals surface area contributed by atoms with Crippen molar-refractivity contribution in [1.29, 1.82) is 0 Å². The quantitative estimate of drug-likeness (QED) is 0.632. The van der Waals surface area contributed by atoms with Crippen LogP contribution >= 0.6 is 34.5 Å². The summed E-state index contributed by atoms with van der Waals surface area (Å²) in [6.45, 7) is 0. The van der Waals surface area contributed by atoms with E-state index in [1.54, 1.807) is 5.38 Å². The van der Waals surface area contributed by atoms with Gasteiger partial charge in [-0.15, -0.1) is 0 Å². The summed E-state index contributed by atoms with van der Waals surface area (Å²) in [5.74, 6) is 0.723. The Bertz CT molecular complexity index is 711. The SMILES string of the molecule is Clc1csc(Oc2ccc(Cl)c3ccccc23)n1. The smallest absolute Gasteiger partial charge is 0.280 e. The van der Waals surface area contributed by atoms with Crippen molar-refractivity contribution in [1.82, 2.24) is 4.98 Å². The highest BCUT2D eigenvalue weighted by Gasteiger charge is 2.08. The van der Waals surface area contributed by atoms with E-state index in [4.69, 9.17) is 27.9 Å². The van der Waals surface area contributed by atoms with Gasteiger partial charge in [0.1, 0.15) is 10.9 Å². The van der Waals surface area contributed by atoms with Gasteiger partial charge in [0.15, 0.2) is 0 Å². The molecule has 0 amide bonds. The largest absolute Gasteiger partial charge is 0.430 e. The minimum Gasteiger partial charge on any atom is -0.430 e. The van der Waals surface area contributed by atoms with Gasteiger partial charge in [0.2, 0.25) is 0 Å². The lowest BCUT2D eigenvalue weighted by atomic mass is 10.1. The number of halogens is 2. The standard InChI is InChI=1S/C13H7Cl2NOS/c14-10-5-6-11(9-4-2-1-3-8(9)10)17-13-16-12(15)7-18-13/h1-7H. The van der Waals surface area contributed by atoms with Crippen LogP contribution in [0.15, 0.2) is 41.8 Å². The average Bonchev–Trinajstić information content (AvgIpc) is 2.79. The molecule has 0 fully saturated rings. The van der Waals surface area contributed by atoms with Gasteiger partial charge >= 0.3 is 0 Å². The van der Waals surface area contributed by atoms with Crippen LogP contribution in [0.25, 0.3) is 10.8 Å². The van der Waals surface area contributed by atoms with Gasteiger partial charge in [0.25, 0.3) is 5.19 Å². The summed E-state index contributed by atoms with van der Waals surface area (Å²) in [6, 6.07) is 11.5. The number of fused-ring (bicyclic) bond motifs is 1. The zero-order chi connectivity index (χ0) is 12.5. The number of hydrogen-bond donors (Lipinski definition) is 0. The Balaban J connectivity index is 2.09. The maximum absolute atomic E-state index is 6.15. The molecule has 2 nitrogen and oxygen atoms in total. The predicted octanol–water partition coefficient (Wildman–Crippen LogP) is 5.40. The van der Waals surface area contributed by atoms with Crippen molar-refractivity contribution in [2.75, 3.05) is 0 Å². The van der Waals surface area contributed by atoms with Gasteiger partial charge in [-0.3, -0.25) is 0 Å². The number of benzene rings is 2. The third kappa shape index (κ3) is 2.17. The molecule has 0 spiro atoms. The summed E-state index contributed by atoms with van der Waals surface area (Å²) >= 11 is 13.3. The van der Waals surface area contributed by atoms with Gasteiger partial charge < -0.3 is 4.74 Å². The van der Waals surface area contributed by atoms with Crippen LogP contribution in [0.4, 0.5) is 0 Å². The molecule has 0 unspecified atom stereocenters. The molecule has 0 aliphatic rings. The van der Waals surface area contributed by atoms with E-state index in [-0.39, 0.29) is 0 Å². The highest BCUT2D eigenvalue weighted by molar-refractivity contribution is 7.11. The molecule has 5 heteroatoms. The van der Waals surface area contributed by atoms with Gasteiger partial charge in [-0.05, 0) is 12.1 Å². The molecule has 0 atom stereocenters. The minimum absolute atomic E-state index is 0.438. The molecule has 0 saturated carbocycles. The maximum atomic E-state index is 6.15. The van der Waals surface area contributed by atoms with E-state index in [1.807, 2.05) is 36.4 Å². The first kappa shape index (κ1) is 11.8. The molecule has 0 N–H and O–H groups in total. The fourth-order valence-electron chi connectivity index (χ4n) is 1.70. The normalized spacial score (nSPS) is 10.8. The first-order valence-corrected chi connectivity index (χ1v) is 6.84. The van der Waals surface area contributed by atoms with Gasteiger partial charge in [0.05, 0.1) is 0 Å². The van der Waals surface area contributed by atoms with Crippen LogP contribution in [0.1, 0.15) is 0 Å². The van der Waals surface area contributed by atoms with Crippen molar-refractivity contribution in [3.8, 4) is 10.9 Å². The first-order valence-electron chi connectivity index (χ1n) is 5.20. The van der Waals surface area contributed by atoms with Gasteiger partial charge in [-0.2, -0.15) is 4.98 Å². The lowest BCUT2D eigenvalue weighted by Crippen LogP contribution is -1.85. The highest BCUT2D eigenvalue weighted by Crippen LogP contribution is 2.35. The number of hydrogen-bond acceptors (Lipinski definition) is 3. The highest BCUT2D eigenvalue weighted by atomic mass is 35.5. The van der Waals surface area contributed by atoms with E-state index >= 15 is 0 Å². The number of nitrogens with zero attached hydrogens (tertiary/aromatic N) is 1. The fourth-order valence-corrected chi connectivity index (χ4v) is 2.73. The lowest BCUT2D eigenvalue weighted by Gasteiger charge is -2.07. The summed E-state index contributed by atoms with van der Waals surface area (Å²) in [7, 11) is 0. The number of thiazole rings is 1. The monoisotopic (exact) mass is 295 g/mol. The molecule has 3 aromatic rings. The summed E-state index contributed by atoms with van der Waals surface area (Å²) in [6.07, 6.45) is 0. The molecular formula is C13H7Cl2NOS. The molecule has 2 aromatic carbocycles. The summed E-state index contributed by atoms with van der Waals surface area (Å²) < 4.78 is 5.73. The topological polar surface area (TPSA) is 22.1 Å². The zero-order valence-corrected chi connectivity index (χ0v) is 11.4. The molecule has 0 aliphatic heterocycles. The molecule has 90 valence electrons. The molecule has 0 bridgehead atoms. The Morgan fingerprint density at radius 1 is 1.00 bits per heavy atom. The van der Waals surface area contributed by atoms with E-state index in [0.717, 1.165) is 16.5 Å². The average molecular weight is 296 g/mol. The van der Waals surface area contributed by atoms with Crippen molar-refractivity contribution in [3.63, 3.8) is 0 Å². The van der Waals surface area contributed by atoms with E-state index in [1.165, 1.54) is 11.3 Å². The third-order valence-corrected chi connectivity index (χ3v) is 3.85. The Hall–Kier alpha value is -1.29. The van der Waals surface area contributed by atoms with Crippen LogP contribution in [0.2, 0.25) is 10.2 Å². The van der Waals surface area contributed by atoms with Gasteiger partial charge in [0, 0.05) is 21.2 Å². The second-order valence-electron chi connectivity index (χ2n) is 3.63. The Morgan fingerprint density at radius 3 is 2.50 bits per heavy atom. The van der Waals surface area contributed by atoms with Crippen molar-refractivity contribution in [2.24, 2.45) is 0 Å². The second kappa shape index (κ2) is 4.76. The van der Waals surface area contributed by atoms with Gasteiger partial charge in [-0.1, -0.05) is 58.8 Å². The van der Waals surface area contributed by atoms with E-state index in [2.05, 4.69) is 4.98 Å². The number of aromatic nitrogens is 1. The van der Waals surface area contributed by atoms with Crippen LogP contribution in [0.3, 0.4) is 0 Å². The Labute approximate surface area is 118 Å². The van der Waals surface area contributed by atoms with Crippen LogP contribution in [-0.2, 0) is 0 Å². The molecule has 1 heterocycles. The summed E-state index contributed by atoms with van der Waals surface area (Å²) in [5, 5.41) is 5.31. The van der Waals surface area contributed by atoms with E-state index in [9.17, 15) is 0 Å². The molecule has 0 radical (unpaired) electrons. The number of ether oxygens (including phenoxy) is 1. The summed E-state index contributed by atoms with van der Waals surface area (Å²) in [5.41, 5.74) is 0. The van der Waals surface area contributed by atoms with E-state index < -0.39 is 0 Å². The van der Waals surface area contributed by atoms with Crippen molar-refractivity contribution in [2.45, 2.75) is 0 Å². The molecular weight excluding hydrogens is 289 g/mol. The van der Waals surface area contributed by atoms with Crippen LogP contribution in [0, 0.1) is 0 Å². The Kier molecular flexibility index (Phi) is 3.12. The maximum Gasteiger partial charge on any atom is 0.280 e. The Morgan fingerprint density at radius 2 is 1.78 bits per heavy atom. The lowest BCUT2D eigenvalue weighted by molar-refractivity contribution is 0.484. The molecule has 18 heavy (non-hydrogen) atoms. The minimum atomic E-state index is 0.438. The van der Waals surface area contributed by atoms with Crippen molar-refractivity contribution in [3.05, 3.63) is 52.0 Å². The third-order valence-electron chi connectivity index (χ3n) is 2.48. The van der Waals surface area contributed by atoms with Crippen LogP contribution in [-0.4, -0.2) is 4.98 Å². The van der Waals surface area contributed by atoms with E-state index in [0.29, 0.717) is 15.4 Å². The summed E-state index contributed by atoms with van der Waals surface area (Å²) in [4.78, 5) is 4.06. The van der Waals surface area contributed by atoms with Crippen molar-refractivity contribution < 1.29 is 4.74 Å². The molecule has 1 aromatic heterocycles. The fraction of sp³-hybridized carbons (Fsp3) is 0. The molecule has 0 aliphatic carbocycles. The zero-order valence-electron chi connectivity index (χ0n) is 9.06. The van der Waals surface area contributed by atoms with Crippen LogP contribution < -0.4 is 4.74 Å². The van der Waals surface area contributed by atoms with Crippen LogP contribution in [0.5, 0.6) is 10.9 Å². The predicted molar refractivity (Wildman–Crippen MR) is 76.2 cm³/mol. The first-order chi connectivity index (χ1) is 8.74. The number of rotatable bonds is 2. The molecule has 3 rings (SSSR count).